The average molecular weight is 541 g/mol. The van der Waals surface area contributed by atoms with Crippen LogP contribution in [0.2, 0.25) is 0 Å². The lowest BCUT2D eigenvalue weighted by Gasteiger charge is -2.38. The summed E-state index contributed by atoms with van der Waals surface area (Å²) >= 11 is 0. The Morgan fingerprint density at radius 2 is 1.32 bits per heavy atom. The number of nitrogens with zero attached hydrogens (tertiary/aromatic N) is 3. The summed E-state index contributed by atoms with van der Waals surface area (Å²) in [6.45, 7) is 6.96. The number of aryl methyl sites for hydroxylation is 1. The molecule has 0 radical (unpaired) electrons. The summed E-state index contributed by atoms with van der Waals surface area (Å²) < 4.78 is 7.05. The molecule has 40 heavy (non-hydrogen) atoms. The Morgan fingerprint density at radius 3 is 1.73 bits per heavy atom. The van der Waals surface area contributed by atoms with Crippen LogP contribution in [0.1, 0.15) is 44.4 Å². The Balaban J connectivity index is 1.87. The zero-order valence-electron chi connectivity index (χ0n) is 23.5. The summed E-state index contributed by atoms with van der Waals surface area (Å²) in [5.74, 6) is 0.521. The van der Waals surface area contributed by atoms with Gasteiger partial charge in [-0.15, -0.1) is 0 Å². The number of urea groups is 1. The third-order valence-electron chi connectivity index (χ3n) is 6.46. The lowest BCUT2D eigenvalue weighted by Crippen LogP contribution is -2.52. The van der Waals surface area contributed by atoms with Gasteiger partial charge in [0.2, 0.25) is 0 Å². The third-order valence-corrected chi connectivity index (χ3v) is 6.46. The maximum atomic E-state index is 12.8. The summed E-state index contributed by atoms with van der Waals surface area (Å²) in [7, 11) is 1.78. The number of hydrogen-bond donors (Lipinski definition) is 3. The smallest absolute Gasteiger partial charge is 0.409 e. The average Bonchev–Trinajstić information content (AvgIpc) is 3.26. The number of primary amides is 1. The van der Waals surface area contributed by atoms with Crippen LogP contribution in [-0.2, 0) is 17.3 Å². The van der Waals surface area contributed by atoms with Gasteiger partial charge in [0.05, 0.1) is 6.20 Å². The zero-order valence-corrected chi connectivity index (χ0v) is 23.5. The van der Waals surface area contributed by atoms with E-state index in [2.05, 4.69) is 52.1 Å². The van der Waals surface area contributed by atoms with Crippen molar-refractivity contribution in [2.24, 2.45) is 12.8 Å². The van der Waals surface area contributed by atoms with Crippen molar-refractivity contribution >= 4 is 23.6 Å². The molecular formula is C31H36N6O3. The van der Waals surface area contributed by atoms with Gasteiger partial charge in [-0.25, -0.2) is 9.59 Å². The minimum Gasteiger partial charge on any atom is -0.444 e. The molecule has 4 aromatic rings. The molecule has 0 saturated heterocycles. The van der Waals surface area contributed by atoms with Crippen LogP contribution in [0.25, 0.3) is 0 Å². The molecule has 1 atom stereocenters. The normalized spacial score (nSPS) is 12.3. The number of rotatable bonds is 8. The van der Waals surface area contributed by atoms with Gasteiger partial charge in [-0.05, 0) is 44.4 Å². The quantitative estimate of drug-likeness (QED) is 0.199. The van der Waals surface area contributed by atoms with Crippen LogP contribution >= 0.6 is 0 Å². The standard InChI is InChI=1S/C31H36N6O3/c1-22(34-29(39)40-30(2,3)4)37(28(32)38)26-21-33-36(5)27(26)35-31(23-15-9-6-10-16-23,24-17-11-7-12-18-24)25-19-13-8-14-20-25/h6-22,35H,1-5H3,(H2,32,38)(H,34,39). The van der Waals surface area contributed by atoms with Gasteiger partial charge in [0.1, 0.15) is 28.8 Å². The number of carbonyl (C=O) groups is 2. The lowest BCUT2D eigenvalue weighted by molar-refractivity contribution is 0.0509. The highest BCUT2D eigenvalue weighted by atomic mass is 16.6. The summed E-state index contributed by atoms with van der Waals surface area (Å²) in [6, 6.07) is 29.4. The van der Waals surface area contributed by atoms with Gasteiger partial charge in [-0.1, -0.05) is 91.0 Å². The molecule has 9 nitrogen and oxygen atoms in total. The van der Waals surface area contributed by atoms with Crippen molar-refractivity contribution in [2.45, 2.75) is 45.0 Å². The summed E-state index contributed by atoms with van der Waals surface area (Å²) in [4.78, 5) is 26.7. The maximum absolute atomic E-state index is 12.8. The Morgan fingerprint density at radius 1 is 0.875 bits per heavy atom. The number of nitrogens with one attached hydrogen (secondary N) is 2. The number of alkyl carbamates (subject to hydrolysis) is 1. The molecule has 4 rings (SSSR count). The van der Waals surface area contributed by atoms with Crippen LogP contribution < -0.4 is 21.3 Å². The molecule has 0 bridgehead atoms. The zero-order chi connectivity index (χ0) is 28.9. The number of carbonyl (C=O) groups excluding carboxylic acids is 2. The Kier molecular flexibility index (Phi) is 8.13. The molecule has 0 aliphatic heterocycles. The van der Waals surface area contributed by atoms with Crippen LogP contribution in [-0.4, -0.2) is 33.7 Å². The van der Waals surface area contributed by atoms with E-state index in [9.17, 15) is 9.59 Å². The van der Waals surface area contributed by atoms with Gasteiger partial charge >= 0.3 is 12.1 Å². The predicted molar refractivity (Wildman–Crippen MR) is 157 cm³/mol. The molecule has 0 spiro atoms. The van der Waals surface area contributed by atoms with Gasteiger partial charge in [0, 0.05) is 7.05 Å². The molecule has 1 aromatic heterocycles. The first-order valence-corrected chi connectivity index (χ1v) is 13.1. The number of ether oxygens (including phenoxy) is 1. The van der Waals surface area contributed by atoms with Crippen molar-refractivity contribution in [1.29, 1.82) is 0 Å². The predicted octanol–water partition coefficient (Wildman–Crippen LogP) is 5.58. The highest BCUT2D eigenvalue weighted by molar-refractivity contribution is 5.95. The Bertz CT molecular complexity index is 1340. The summed E-state index contributed by atoms with van der Waals surface area (Å²) in [5.41, 5.74) is 7.62. The van der Waals surface area contributed by atoms with Crippen molar-refractivity contribution < 1.29 is 14.3 Å². The van der Waals surface area contributed by atoms with Crippen LogP contribution in [0.15, 0.2) is 97.2 Å². The van der Waals surface area contributed by atoms with E-state index in [1.165, 1.54) is 4.90 Å². The van der Waals surface area contributed by atoms with Crippen molar-refractivity contribution in [1.82, 2.24) is 15.1 Å². The second kappa shape index (κ2) is 11.5. The van der Waals surface area contributed by atoms with Crippen molar-refractivity contribution in [3.8, 4) is 0 Å². The largest absolute Gasteiger partial charge is 0.444 e. The topological polar surface area (TPSA) is 115 Å². The molecule has 0 saturated carbocycles. The van der Waals surface area contributed by atoms with E-state index < -0.39 is 29.4 Å². The number of benzene rings is 3. The molecule has 4 N–H and O–H groups in total. The van der Waals surface area contributed by atoms with E-state index >= 15 is 0 Å². The van der Waals surface area contributed by atoms with Crippen LogP contribution in [0, 0.1) is 0 Å². The third kappa shape index (κ3) is 5.93. The van der Waals surface area contributed by atoms with Crippen molar-refractivity contribution in [2.75, 3.05) is 10.2 Å². The number of nitrogens with two attached hydrogens (primary N) is 1. The Labute approximate surface area is 234 Å². The van der Waals surface area contributed by atoms with Gasteiger partial charge in [0.25, 0.3) is 0 Å². The van der Waals surface area contributed by atoms with E-state index in [1.807, 2.05) is 54.6 Å². The first kappa shape index (κ1) is 28.2. The number of hydrogen-bond acceptors (Lipinski definition) is 5. The first-order valence-electron chi connectivity index (χ1n) is 13.1. The highest BCUT2D eigenvalue weighted by Crippen LogP contribution is 2.42. The second-order valence-corrected chi connectivity index (χ2v) is 10.5. The molecule has 208 valence electrons. The number of amides is 3. The molecule has 3 aromatic carbocycles. The van der Waals surface area contributed by atoms with Gasteiger partial charge in [0.15, 0.2) is 0 Å². The van der Waals surface area contributed by atoms with Crippen molar-refractivity contribution in [3.05, 3.63) is 114 Å². The summed E-state index contributed by atoms with van der Waals surface area (Å²) in [5, 5.41) is 10.9. The van der Waals surface area contributed by atoms with E-state index in [1.54, 1.807) is 45.6 Å². The first-order chi connectivity index (χ1) is 19.0. The maximum Gasteiger partial charge on any atom is 0.409 e. The van der Waals surface area contributed by atoms with Crippen LogP contribution in [0.3, 0.4) is 0 Å². The van der Waals surface area contributed by atoms with Crippen LogP contribution in [0.4, 0.5) is 21.1 Å². The number of anilines is 2. The molecule has 1 unspecified atom stereocenters. The van der Waals surface area contributed by atoms with Gasteiger partial charge < -0.3 is 21.1 Å². The monoisotopic (exact) mass is 540 g/mol. The fourth-order valence-corrected chi connectivity index (χ4v) is 4.77. The molecule has 0 aliphatic carbocycles. The second-order valence-electron chi connectivity index (χ2n) is 10.5. The summed E-state index contributed by atoms with van der Waals surface area (Å²) in [6.07, 6.45) is 0.0417. The number of aromatic nitrogens is 2. The SMILES string of the molecule is CC(NC(=O)OC(C)(C)C)N(C(N)=O)c1cnn(C)c1NC(c1ccccc1)(c1ccccc1)c1ccccc1. The molecule has 3 amide bonds. The fourth-order valence-electron chi connectivity index (χ4n) is 4.77. The fraction of sp³-hybridized carbons (Fsp3) is 0.258. The Hall–Kier alpha value is -4.79. The minimum atomic E-state index is -0.878. The minimum absolute atomic E-state index is 0.394. The molecule has 0 aliphatic rings. The molecule has 1 heterocycles. The molecule has 9 heteroatoms. The molecule has 0 fully saturated rings. The van der Waals surface area contributed by atoms with E-state index in [0.29, 0.717) is 11.5 Å². The van der Waals surface area contributed by atoms with E-state index in [-0.39, 0.29) is 0 Å². The lowest BCUT2D eigenvalue weighted by atomic mass is 9.77. The van der Waals surface area contributed by atoms with E-state index in [0.717, 1.165) is 16.7 Å². The van der Waals surface area contributed by atoms with E-state index in [4.69, 9.17) is 10.5 Å². The van der Waals surface area contributed by atoms with Gasteiger partial charge in [-0.3, -0.25) is 9.58 Å². The highest BCUT2D eigenvalue weighted by Gasteiger charge is 2.39. The van der Waals surface area contributed by atoms with Crippen molar-refractivity contribution in [3.63, 3.8) is 0 Å². The van der Waals surface area contributed by atoms with Gasteiger partial charge in [-0.2, -0.15) is 5.10 Å². The molecular weight excluding hydrogens is 504 g/mol. The van der Waals surface area contributed by atoms with Crippen LogP contribution in [0.5, 0.6) is 0 Å².